The maximum Gasteiger partial charge on any atom is 0.223 e. The Morgan fingerprint density at radius 1 is 1.10 bits per heavy atom. The van der Waals surface area contributed by atoms with Gasteiger partial charge < -0.3 is 5.32 Å². The molecule has 3 rings (SSSR count). The molecular formula is C22H26Cl2N2O3S. The summed E-state index contributed by atoms with van der Waals surface area (Å²) in [5.41, 5.74) is 2.82. The van der Waals surface area contributed by atoms with Crippen LogP contribution in [0.2, 0.25) is 10.0 Å². The summed E-state index contributed by atoms with van der Waals surface area (Å²) in [6.45, 7) is 4.65. The molecule has 0 aliphatic carbocycles. The molecule has 0 bridgehead atoms. The average Bonchev–Trinajstić information content (AvgIpc) is 2.71. The molecule has 8 heteroatoms. The van der Waals surface area contributed by atoms with Crippen LogP contribution in [-0.2, 0) is 20.6 Å². The van der Waals surface area contributed by atoms with E-state index >= 15 is 0 Å². The third kappa shape index (κ3) is 5.76. The molecule has 1 aliphatic heterocycles. The summed E-state index contributed by atoms with van der Waals surface area (Å²) in [5.74, 6) is -0.343. The fraction of sp³-hybridized carbons (Fsp3) is 0.409. The van der Waals surface area contributed by atoms with Gasteiger partial charge in [0.25, 0.3) is 0 Å². The molecule has 162 valence electrons. The quantitative estimate of drug-likeness (QED) is 0.666. The van der Waals surface area contributed by atoms with Crippen molar-refractivity contribution in [1.82, 2.24) is 9.62 Å². The minimum Gasteiger partial charge on any atom is -0.349 e. The maximum atomic E-state index is 12.8. The van der Waals surface area contributed by atoms with Gasteiger partial charge >= 0.3 is 0 Å². The first-order valence-corrected chi connectivity index (χ1v) is 12.3. The minimum absolute atomic E-state index is 0.0235. The van der Waals surface area contributed by atoms with Crippen molar-refractivity contribution in [3.63, 3.8) is 0 Å². The molecule has 0 spiro atoms. The Kier molecular flexibility index (Phi) is 7.45. The first-order valence-electron chi connectivity index (χ1n) is 9.94. The van der Waals surface area contributed by atoms with E-state index in [-0.39, 0.29) is 23.6 Å². The number of aryl methyl sites for hydroxylation is 1. The highest BCUT2D eigenvalue weighted by Gasteiger charge is 2.31. The maximum absolute atomic E-state index is 12.8. The van der Waals surface area contributed by atoms with Crippen molar-refractivity contribution >= 4 is 39.1 Å². The van der Waals surface area contributed by atoms with Crippen molar-refractivity contribution in [2.45, 2.75) is 38.5 Å². The highest BCUT2D eigenvalue weighted by atomic mass is 35.5. The molecule has 2 aromatic rings. The fourth-order valence-electron chi connectivity index (χ4n) is 3.60. The van der Waals surface area contributed by atoms with Gasteiger partial charge in [-0.3, -0.25) is 4.79 Å². The van der Waals surface area contributed by atoms with Crippen molar-refractivity contribution in [2.24, 2.45) is 5.92 Å². The number of carbonyl (C=O) groups is 1. The van der Waals surface area contributed by atoms with E-state index < -0.39 is 10.0 Å². The zero-order valence-corrected chi connectivity index (χ0v) is 19.4. The number of hydrogen-bond acceptors (Lipinski definition) is 3. The molecule has 1 amide bonds. The van der Waals surface area contributed by atoms with Gasteiger partial charge in [-0.2, -0.15) is 0 Å². The van der Waals surface area contributed by atoms with E-state index in [4.69, 9.17) is 23.2 Å². The van der Waals surface area contributed by atoms with E-state index in [0.29, 0.717) is 41.5 Å². The molecule has 1 N–H and O–H groups in total. The monoisotopic (exact) mass is 468 g/mol. The van der Waals surface area contributed by atoms with E-state index in [0.717, 1.165) is 5.56 Å². The van der Waals surface area contributed by atoms with Gasteiger partial charge in [0.1, 0.15) is 0 Å². The van der Waals surface area contributed by atoms with Gasteiger partial charge in [-0.25, -0.2) is 12.7 Å². The summed E-state index contributed by atoms with van der Waals surface area (Å²) in [6, 6.07) is 12.8. The van der Waals surface area contributed by atoms with Crippen LogP contribution in [0.4, 0.5) is 0 Å². The summed E-state index contributed by atoms with van der Waals surface area (Å²) in [6.07, 6.45) is 1.01. The summed E-state index contributed by atoms with van der Waals surface area (Å²) >= 11 is 11.9. The van der Waals surface area contributed by atoms with Crippen LogP contribution in [0.3, 0.4) is 0 Å². The fourth-order valence-corrected chi connectivity index (χ4v) is 5.47. The van der Waals surface area contributed by atoms with Crippen molar-refractivity contribution in [3.8, 4) is 0 Å². The third-order valence-corrected chi connectivity index (χ3v) is 8.08. The molecule has 0 radical (unpaired) electrons. The van der Waals surface area contributed by atoms with Gasteiger partial charge in [-0.05, 0) is 49.9 Å². The summed E-state index contributed by atoms with van der Waals surface area (Å²) in [4.78, 5) is 12.7. The second-order valence-electron chi connectivity index (χ2n) is 7.82. The zero-order valence-electron chi connectivity index (χ0n) is 17.1. The summed E-state index contributed by atoms with van der Waals surface area (Å²) in [7, 11) is -3.49. The van der Waals surface area contributed by atoms with E-state index in [1.165, 1.54) is 9.87 Å². The van der Waals surface area contributed by atoms with Crippen LogP contribution in [0.5, 0.6) is 0 Å². The number of nitrogens with one attached hydrogen (secondary N) is 1. The zero-order chi connectivity index (χ0) is 21.9. The molecule has 0 saturated carbocycles. The van der Waals surface area contributed by atoms with Crippen LogP contribution in [0, 0.1) is 12.8 Å². The van der Waals surface area contributed by atoms with Crippen LogP contribution in [0.25, 0.3) is 0 Å². The molecule has 1 heterocycles. The van der Waals surface area contributed by atoms with Crippen LogP contribution >= 0.6 is 23.2 Å². The molecule has 1 aliphatic rings. The Hall–Kier alpha value is -1.60. The lowest BCUT2D eigenvalue weighted by molar-refractivity contribution is -0.126. The van der Waals surface area contributed by atoms with E-state index in [1.807, 2.05) is 38.1 Å². The number of rotatable bonds is 6. The number of halogens is 2. The predicted molar refractivity (Wildman–Crippen MR) is 121 cm³/mol. The molecule has 1 unspecified atom stereocenters. The molecule has 2 aromatic carbocycles. The third-order valence-electron chi connectivity index (χ3n) is 5.49. The predicted octanol–water partition coefficient (Wildman–Crippen LogP) is 4.72. The van der Waals surface area contributed by atoms with E-state index in [2.05, 4.69) is 5.32 Å². The van der Waals surface area contributed by atoms with Gasteiger partial charge in [-0.15, -0.1) is 0 Å². The summed E-state index contributed by atoms with van der Waals surface area (Å²) in [5, 5.41) is 3.78. The number of carbonyl (C=O) groups excluding carboxylic acids is 1. The average molecular weight is 469 g/mol. The molecule has 30 heavy (non-hydrogen) atoms. The Morgan fingerprint density at radius 2 is 1.73 bits per heavy atom. The number of sulfonamides is 1. The lowest BCUT2D eigenvalue weighted by atomic mass is 9.96. The summed E-state index contributed by atoms with van der Waals surface area (Å²) < 4.78 is 27.0. The Balaban J connectivity index is 1.54. The number of benzene rings is 2. The van der Waals surface area contributed by atoms with Gasteiger partial charge in [0.15, 0.2) is 0 Å². The molecule has 0 aromatic heterocycles. The number of hydrogen-bond donors (Lipinski definition) is 1. The Labute approximate surface area is 188 Å². The minimum atomic E-state index is -3.49. The van der Waals surface area contributed by atoms with Gasteiger partial charge in [0.05, 0.1) is 21.8 Å². The normalized spacial score (nSPS) is 16.9. The van der Waals surface area contributed by atoms with Crippen molar-refractivity contribution in [1.29, 1.82) is 0 Å². The standard InChI is InChI=1S/C22H26Cl2N2O3S/c1-15-3-6-18(7-4-15)16(2)25-22(27)19-9-11-26(12-10-19)30(28,29)14-17-5-8-20(23)21(24)13-17/h3-8,13,16,19H,9-12,14H2,1-2H3,(H,25,27). The van der Waals surface area contributed by atoms with Crippen molar-refractivity contribution in [3.05, 3.63) is 69.2 Å². The van der Waals surface area contributed by atoms with Crippen LogP contribution in [0.15, 0.2) is 42.5 Å². The molecule has 5 nitrogen and oxygen atoms in total. The van der Waals surface area contributed by atoms with Gasteiger partial charge in [0, 0.05) is 19.0 Å². The van der Waals surface area contributed by atoms with Crippen LogP contribution in [0.1, 0.15) is 42.5 Å². The Bertz CT molecular complexity index is 1000. The molecule has 1 fully saturated rings. The number of nitrogens with zero attached hydrogens (tertiary/aromatic N) is 1. The second kappa shape index (κ2) is 9.69. The van der Waals surface area contributed by atoms with Gasteiger partial charge in [0.2, 0.25) is 15.9 Å². The topological polar surface area (TPSA) is 66.5 Å². The van der Waals surface area contributed by atoms with Crippen LogP contribution in [-0.4, -0.2) is 31.7 Å². The Morgan fingerprint density at radius 3 is 2.33 bits per heavy atom. The van der Waals surface area contributed by atoms with Crippen LogP contribution < -0.4 is 5.32 Å². The highest BCUT2D eigenvalue weighted by Crippen LogP contribution is 2.26. The molecule has 1 saturated heterocycles. The first kappa shape index (κ1) is 23.1. The lowest BCUT2D eigenvalue weighted by Gasteiger charge is -2.31. The molecule has 1 atom stereocenters. The largest absolute Gasteiger partial charge is 0.349 e. The second-order valence-corrected chi connectivity index (χ2v) is 10.6. The first-order chi connectivity index (χ1) is 14.2. The van der Waals surface area contributed by atoms with Crippen molar-refractivity contribution in [2.75, 3.05) is 13.1 Å². The molecular weight excluding hydrogens is 443 g/mol. The van der Waals surface area contributed by atoms with Gasteiger partial charge in [-0.1, -0.05) is 59.1 Å². The van der Waals surface area contributed by atoms with Crippen molar-refractivity contribution < 1.29 is 13.2 Å². The van der Waals surface area contributed by atoms with E-state index in [9.17, 15) is 13.2 Å². The SMILES string of the molecule is Cc1ccc(C(C)NC(=O)C2CCN(S(=O)(=O)Cc3ccc(Cl)c(Cl)c3)CC2)cc1. The smallest absolute Gasteiger partial charge is 0.223 e. The number of piperidine rings is 1. The number of amides is 1. The lowest BCUT2D eigenvalue weighted by Crippen LogP contribution is -2.43. The highest BCUT2D eigenvalue weighted by molar-refractivity contribution is 7.88. The van der Waals surface area contributed by atoms with E-state index in [1.54, 1.807) is 18.2 Å².